The van der Waals surface area contributed by atoms with Crippen molar-refractivity contribution in [3.63, 3.8) is 0 Å². The molecular weight excluding hydrogens is 240 g/mol. The summed E-state index contributed by atoms with van der Waals surface area (Å²) in [5, 5.41) is 3.46. The Bertz CT molecular complexity index is 292. The van der Waals surface area contributed by atoms with Gasteiger partial charge in [-0.2, -0.15) is 0 Å². The van der Waals surface area contributed by atoms with E-state index < -0.39 is 5.54 Å². The van der Waals surface area contributed by atoms with E-state index in [9.17, 15) is 4.79 Å². The molecule has 0 aromatic carbocycles. The summed E-state index contributed by atoms with van der Waals surface area (Å²) < 4.78 is 5.23. The van der Waals surface area contributed by atoms with Crippen molar-refractivity contribution in [1.29, 1.82) is 0 Å². The molecular formula is C15H30N2O2. The van der Waals surface area contributed by atoms with Crippen LogP contribution in [0.15, 0.2) is 0 Å². The van der Waals surface area contributed by atoms with Crippen LogP contribution in [0.1, 0.15) is 53.4 Å². The van der Waals surface area contributed by atoms with Gasteiger partial charge in [0.1, 0.15) is 5.54 Å². The molecule has 1 N–H and O–H groups in total. The van der Waals surface area contributed by atoms with Crippen LogP contribution in [0.4, 0.5) is 0 Å². The van der Waals surface area contributed by atoms with Gasteiger partial charge in [-0.25, -0.2) is 0 Å². The number of nitrogens with zero attached hydrogens (tertiary/aromatic N) is 1. The van der Waals surface area contributed by atoms with Gasteiger partial charge < -0.3 is 9.64 Å². The van der Waals surface area contributed by atoms with Gasteiger partial charge in [0.2, 0.25) is 0 Å². The van der Waals surface area contributed by atoms with Gasteiger partial charge in [0.15, 0.2) is 0 Å². The van der Waals surface area contributed by atoms with Gasteiger partial charge in [-0.1, -0.05) is 6.92 Å². The molecule has 0 amide bonds. The molecule has 4 nitrogen and oxygen atoms in total. The van der Waals surface area contributed by atoms with Crippen LogP contribution in [-0.2, 0) is 9.53 Å². The topological polar surface area (TPSA) is 41.6 Å². The largest absolute Gasteiger partial charge is 0.465 e. The molecule has 19 heavy (non-hydrogen) atoms. The summed E-state index contributed by atoms with van der Waals surface area (Å²) in [6, 6.07) is 1.05. The molecule has 0 radical (unpaired) electrons. The zero-order chi connectivity index (χ0) is 14.5. The predicted molar refractivity (Wildman–Crippen MR) is 78.2 cm³/mol. The summed E-state index contributed by atoms with van der Waals surface area (Å²) in [6.07, 6.45) is 4.28. The molecule has 112 valence electrons. The Morgan fingerprint density at radius 1 is 1.47 bits per heavy atom. The first-order valence-electron chi connectivity index (χ1n) is 7.58. The number of esters is 1. The Kier molecular flexibility index (Phi) is 6.27. The second-order valence-corrected chi connectivity index (χ2v) is 5.96. The molecule has 0 heterocycles. The van der Waals surface area contributed by atoms with E-state index >= 15 is 0 Å². The fraction of sp³-hybridized carbons (Fsp3) is 0.933. The normalized spacial score (nSPS) is 20.1. The maximum atomic E-state index is 12.2. The van der Waals surface area contributed by atoms with Crippen LogP contribution in [0.3, 0.4) is 0 Å². The number of hydrogen-bond acceptors (Lipinski definition) is 4. The first-order chi connectivity index (χ1) is 8.92. The number of carbonyl (C=O) groups excluding carboxylic acids is 1. The third-order valence-corrected chi connectivity index (χ3v) is 4.13. The van der Waals surface area contributed by atoms with Crippen molar-refractivity contribution in [2.45, 2.75) is 71.0 Å². The van der Waals surface area contributed by atoms with E-state index in [1.165, 1.54) is 12.8 Å². The quantitative estimate of drug-likeness (QED) is 0.652. The highest BCUT2D eigenvalue weighted by atomic mass is 16.5. The lowest BCUT2D eigenvalue weighted by Gasteiger charge is -2.32. The molecule has 0 aliphatic heterocycles. The molecule has 2 atom stereocenters. The Morgan fingerprint density at radius 2 is 2.11 bits per heavy atom. The summed E-state index contributed by atoms with van der Waals surface area (Å²) in [6.45, 7) is 9.60. The molecule has 0 saturated heterocycles. The zero-order valence-electron chi connectivity index (χ0n) is 13.2. The molecule has 0 bridgehead atoms. The fourth-order valence-electron chi connectivity index (χ4n) is 2.13. The highest BCUT2D eigenvalue weighted by Gasteiger charge is 2.39. The smallest absolute Gasteiger partial charge is 0.326 e. The summed E-state index contributed by atoms with van der Waals surface area (Å²) in [5.41, 5.74) is -0.543. The van der Waals surface area contributed by atoms with E-state index in [1.807, 2.05) is 13.8 Å². The number of hydrogen-bond donors (Lipinski definition) is 1. The molecule has 1 aliphatic rings. The lowest BCUT2D eigenvalue weighted by atomic mass is 9.97. The fourth-order valence-corrected chi connectivity index (χ4v) is 2.13. The Morgan fingerprint density at radius 3 is 2.58 bits per heavy atom. The molecule has 1 aliphatic carbocycles. The Labute approximate surface area is 117 Å². The molecule has 0 aromatic heterocycles. The highest BCUT2D eigenvalue weighted by Crippen LogP contribution is 2.25. The minimum atomic E-state index is -0.543. The van der Waals surface area contributed by atoms with Crippen LogP contribution < -0.4 is 5.32 Å². The van der Waals surface area contributed by atoms with E-state index in [0.29, 0.717) is 18.7 Å². The zero-order valence-corrected chi connectivity index (χ0v) is 13.2. The van der Waals surface area contributed by atoms with Crippen molar-refractivity contribution in [2.75, 3.05) is 20.2 Å². The van der Waals surface area contributed by atoms with E-state index in [0.717, 1.165) is 19.4 Å². The summed E-state index contributed by atoms with van der Waals surface area (Å²) in [5.74, 6) is -0.112. The maximum Gasteiger partial charge on any atom is 0.326 e. The van der Waals surface area contributed by atoms with Crippen LogP contribution in [0, 0.1) is 0 Å². The van der Waals surface area contributed by atoms with Crippen molar-refractivity contribution in [1.82, 2.24) is 10.2 Å². The highest BCUT2D eigenvalue weighted by molar-refractivity contribution is 5.80. The van der Waals surface area contributed by atoms with Crippen molar-refractivity contribution in [3.05, 3.63) is 0 Å². The average Bonchev–Trinajstić information content (AvgIpc) is 3.19. The molecule has 0 aromatic rings. The molecule has 0 spiro atoms. The Balaban J connectivity index is 2.55. The van der Waals surface area contributed by atoms with Gasteiger partial charge >= 0.3 is 5.97 Å². The summed E-state index contributed by atoms with van der Waals surface area (Å²) in [7, 11) is 2.12. The van der Waals surface area contributed by atoms with Gasteiger partial charge in [-0.15, -0.1) is 0 Å². The van der Waals surface area contributed by atoms with Gasteiger partial charge in [0.25, 0.3) is 0 Å². The second-order valence-electron chi connectivity index (χ2n) is 5.96. The van der Waals surface area contributed by atoms with E-state index in [4.69, 9.17) is 4.74 Å². The minimum Gasteiger partial charge on any atom is -0.465 e. The average molecular weight is 270 g/mol. The first kappa shape index (κ1) is 16.4. The number of rotatable bonds is 9. The lowest BCUT2D eigenvalue weighted by Crippen LogP contribution is -2.53. The van der Waals surface area contributed by atoms with Gasteiger partial charge in [0, 0.05) is 18.6 Å². The number of carbonyl (C=O) groups is 1. The van der Waals surface area contributed by atoms with Gasteiger partial charge in [0.05, 0.1) is 6.61 Å². The van der Waals surface area contributed by atoms with Crippen LogP contribution in [-0.4, -0.2) is 48.7 Å². The van der Waals surface area contributed by atoms with E-state index in [2.05, 4.69) is 31.1 Å². The second kappa shape index (κ2) is 7.25. The van der Waals surface area contributed by atoms with Crippen LogP contribution >= 0.6 is 0 Å². The monoisotopic (exact) mass is 270 g/mol. The molecule has 4 heteroatoms. The van der Waals surface area contributed by atoms with Crippen molar-refractivity contribution in [2.24, 2.45) is 0 Å². The van der Waals surface area contributed by atoms with Crippen molar-refractivity contribution >= 4 is 5.97 Å². The standard InChI is InChI=1S/C15H30N2O2/c1-6-12(3)17(5)11-10-15(4,14(18)19-7-2)16-13-8-9-13/h12-13,16H,6-11H2,1-5H3. The van der Waals surface area contributed by atoms with Crippen molar-refractivity contribution in [3.8, 4) is 0 Å². The van der Waals surface area contributed by atoms with Crippen molar-refractivity contribution < 1.29 is 9.53 Å². The molecule has 1 rings (SSSR count). The minimum absolute atomic E-state index is 0.112. The van der Waals surface area contributed by atoms with E-state index in [-0.39, 0.29) is 5.97 Å². The number of nitrogens with one attached hydrogen (secondary N) is 1. The summed E-state index contributed by atoms with van der Waals surface area (Å²) >= 11 is 0. The predicted octanol–water partition coefficient (Wildman–Crippen LogP) is 2.18. The Hall–Kier alpha value is -0.610. The van der Waals surface area contributed by atoms with Crippen LogP contribution in [0.25, 0.3) is 0 Å². The van der Waals surface area contributed by atoms with E-state index in [1.54, 1.807) is 0 Å². The molecule has 1 fully saturated rings. The maximum absolute atomic E-state index is 12.2. The SMILES string of the molecule is CCOC(=O)C(C)(CCN(C)C(C)CC)NC1CC1. The molecule has 2 unspecified atom stereocenters. The van der Waals surface area contributed by atoms with Crippen LogP contribution in [0.2, 0.25) is 0 Å². The third kappa shape index (κ3) is 5.11. The first-order valence-corrected chi connectivity index (χ1v) is 7.58. The van der Waals surface area contributed by atoms with Crippen LogP contribution in [0.5, 0.6) is 0 Å². The molecule has 1 saturated carbocycles. The van der Waals surface area contributed by atoms with Gasteiger partial charge in [-0.3, -0.25) is 10.1 Å². The summed E-state index contributed by atoms with van der Waals surface area (Å²) in [4.78, 5) is 14.5. The third-order valence-electron chi connectivity index (χ3n) is 4.13. The van der Waals surface area contributed by atoms with Gasteiger partial charge in [-0.05, 0) is 53.5 Å². The number of ether oxygens (including phenoxy) is 1. The lowest BCUT2D eigenvalue weighted by molar-refractivity contribution is -0.151.